The standard InChI is InChI=1S/C12H13BrF2N4/c1-16-11(5-8-6-19(2)18-17-8)12-9(14)3-7(13)4-10(12)15/h3-4,6,11,16H,5H2,1-2H3. The summed E-state index contributed by atoms with van der Waals surface area (Å²) < 4.78 is 29.7. The van der Waals surface area contributed by atoms with E-state index in [4.69, 9.17) is 0 Å². The van der Waals surface area contributed by atoms with E-state index in [1.807, 2.05) is 0 Å². The zero-order valence-electron chi connectivity index (χ0n) is 10.5. The molecule has 0 amide bonds. The Kier molecular flexibility index (Phi) is 4.26. The zero-order valence-corrected chi connectivity index (χ0v) is 12.1. The maximum absolute atomic E-state index is 13.9. The van der Waals surface area contributed by atoms with Gasteiger partial charge in [0.25, 0.3) is 0 Å². The molecule has 1 unspecified atom stereocenters. The van der Waals surface area contributed by atoms with Crippen LogP contribution >= 0.6 is 15.9 Å². The van der Waals surface area contributed by atoms with Crippen molar-refractivity contribution in [2.75, 3.05) is 7.05 Å². The third kappa shape index (κ3) is 3.16. The monoisotopic (exact) mass is 330 g/mol. The van der Waals surface area contributed by atoms with Crippen molar-refractivity contribution < 1.29 is 8.78 Å². The second kappa shape index (κ2) is 5.75. The fourth-order valence-corrected chi connectivity index (χ4v) is 2.33. The molecule has 1 atom stereocenters. The van der Waals surface area contributed by atoms with Crippen LogP contribution in [0.1, 0.15) is 17.3 Å². The van der Waals surface area contributed by atoms with Crippen molar-refractivity contribution in [2.24, 2.45) is 7.05 Å². The van der Waals surface area contributed by atoms with Gasteiger partial charge in [-0.3, -0.25) is 4.68 Å². The third-order valence-corrected chi connectivity index (χ3v) is 3.26. The molecule has 0 bridgehead atoms. The molecule has 0 aliphatic rings. The molecule has 4 nitrogen and oxygen atoms in total. The van der Waals surface area contributed by atoms with Crippen molar-refractivity contribution in [1.29, 1.82) is 0 Å². The Morgan fingerprint density at radius 2 is 2.00 bits per heavy atom. The highest BCUT2D eigenvalue weighted by Crippen LogP contribution is 2.26. The molecule has 0 spiro atoms. The predicted octanol–water partition coefficient (Wildman–Crippen LogP) is 2.36. The van der Waals surface area contributed by atoms with E-state index in [1.54, 1.807) is 25.0 Å². The normalized spacial score (nSPS) is 12.7. The minimum absolute atomic E-state index is 0.0105. The fourth-order valence-electron chi connectivity index (χ4n) is 1.93. The molecule has 1 N–H and O–H groups in total. The molecule has 7 heteroatoms. The number of halogens is 3. The van der Waals surface area contributed by atoms with Crippen LogP contribution in [0.5, 0.6) is 0 Å². The van der Waals surface area contributed by atoms with E-state index in [0.717, 1.165) is 0 Å². The van der Waals surface area contributed by atoms with Crippen molar-refractivity contribution >= 4 is 15.9 Å². The molecule has 0 aliphatic carbocycles. The molecular weight excluding hydrogens is 318 g/mol. The number of aromatic nitrogens is 3. The highest BCUT2D eigenvalue weighted by Gasteiger charge is 2.21. The van der Waals surface area contributed by atoms with Crippen molar-refractivity contribution in [3.05, 3.63) is 45.7 Å². The first kappa shape index (κ1) is 14.1. The van der Waals surface area contributed by atoms with Crippen LogP contribution in [-0.2, 0) is 13.5 Å². The van der Waals surface area contributed by atoms with Gasteiger partial charge >= 0.3 is 0 Å². The van der Waals surface area contributed by atoms with Crippen molar-refractivity contribution in [3.63, 3.8) is 0 Å². The quantitative estimate of drug-likeness (QED) is 0.935. The van der Waals surface area contributed by atoms with Gasteiger partial charge in [-0.1, -0.05) is 21.1 Å². The lowest BCUT2D eigenvalue weighted by molar-refractivity contribution is 0.486. The number of benzene rings is 1. The Labute approximate surface area is 117 Å². The van der Waals surface area contributed by atoms with Gasteiger partial charge in [0.1, 0.15) is 11.6 Å². The smallest absolute Gasteiger partial charge is 0.132 e. The summed E-state index contributed by atoms with van der Waals surface area (Å²) in [6.45, 7) is 0. The van der Waals surface area contributed by atoms with Crippen molar-refractivity contribution in [2.45, 2.75) is 12.5 Å². The minimum Gasteiger partial charge on any atom is -0.312 e. The van der Waals surface area contributed by atoms with Crippen LogP contribution in [-0.4, -0.2) is 22.0 Å². The number of nitrogens with one attached hydrogen (secondary N) is 1. The SMILES string of the molecule is CNC(Cc1cn(C)nn1)c1c(F)cc(Br)cc1F. The van der Waals surface area contributed by atoms with Crippen molar-refractivity contribution in [1.82, 2.24) is 20.3 Å². The van der Waals surface area contributed by atoms with Gasteiger partial charge in [-0.05, 0) is 19.2 Å². The van der Waals surface area contributed by atoms with E-state index in [-0.39, 0.29) is 5.56 Å². The summed E-state index contributed by atoms with van der Waals surface area (Å²) in [5, 5.41) is 10.6. The molecule has 0 radical (unpaired) electrons. The van der Waals surface area contributed by atoms with E-state index in [2.05, 4.69) is 31.6 Å². The van der Waals surface area contributed by atoms with Crippen LogP contribution in [0.2, 0.25) is 0 Å². The molecule has 2 rings (SSSR count). The molecule has 1 aromatic carbocycles. The number of rotatable bonds is 4. The topological polar surface area (TPSA) is 42.7 Å². The van der Waals surface area contributed by atoms with Gasteiger partial charge in [0, 0.05) is 35.7 Å². The third-order valence-electron chi connectivity index (χ3n) is 2.80. The first-order valence-electron chi connectivity index (χ1n) is 5.68. The van der Waals surface area contributed by atoms with Gasteiger partial charge < -0.3 is 5.32 Å². The first-order chi connectivity index (χ1) is 9.01. The summed E-state index contributed by atoms with van der Waals surface area (Å²) in [6.07, 6.45) is 2.08. The predicted molar refractivity (Wildman–Crippen MR) is 70.6 cm³/mol. The summed E-state index contributed by atoms with van der Waals surface area (Å²) >= 11 is 3.06. The van der Waals surface area contributed by atoms with Crippen LogP contribution in [0.15, 0.2) is 22.8 Å². The average Bonchev–Trinajstić information content (AvgIpc) is 2.72. The maximum Gasteiger partial charge on any atom is 0.132 e. The van der Waals surface area contributed by atoms with Gasteiger partial charge in [0.15, 0.2) is 0 Å². The Morgan fingerprint density at radius 3 is 2.47 bits per heavy atom. The van der Waals surface area contributed by atoms with Crippen LogP contribution in [0, 0.1) is 11.6 Å². The van der Waals surface area contributed by atoms with E-state index in [1.165, 1.54) is 12.1 Å². The second-order valence-electron chi connectivity index (χ2n) is 4.21. The number of likely N-dealkylation sites (N-methyl/N-ethyl adjacent to an activating group) is 1. The largest absolute Gasteiger partial charge is 0.312 e. The lowest BCUT2D eigenvalue weighted by Crippen LogP contribution is -2.21. The van der Waals surface area contributed by atoms with Gasteiger partial charge in [-0.25, -0.2) is 8.78 Å². The number of nitrogens with zero attached hydrogens (tertiary/aromatic N) is 3. The highest BCUT2D eigenvalue weighted by molar-refractivity contribution is 9.10. The van der Waals surface area contributed by atoms with Crippen LogP contribution in [0.4, 0.5) is 8.78 Å². The summed E-state index contributed by atoms with van der Waals surface area (Å²) in [5.74, 6) is -1.18. The molecule has 0 saturated heterocycles. The summed E-state index contributed by atoms with van der Waals surface area (Å²) in [7, 11) is 3.40. The molecule has 0 aliphatic heterocycles. The number of aryl methyl sites for hydroxylation is 1. The van der Waals surface area contributed by atoms with E-state index in [0.29, 0.717) is 16.6 Å². The van der Waals surface area contributed by atoms with E-state index < -0.39 is 17.7 Å². The molecule has 102 valence electrons. The molecule has 2 aromatic rings. The summed E-state index contributed by atoms with van der Waals surface area (Å²) in [4.78, 5) is 0. The molecule has 19 heavy (non-hydrogen) atoms. The lowest BCUT2D eigenvalue weighted by atomic mass is 10.0. The first-order valence-corrected chi connectivity index (χ1v) is 6.47. The Hall–Kier alpha value is -1.34. The second-order valence-corrected chi connectivity index (χ2v) is 5.13. The van der Waals surface area contributed by atoms with E-state index >= 15 is 0 Å². The van der Waals surface area contributed by atoms with Crippen molar-refractivity contribution in [3.8, 4) is 0 Å². The van der Waals surface area contributed by atoms with Crippen LogP contribution < -0.4 is 5.32 Å². The zero-order chi connectivity index (χ0) is 14.0. The van der Waals surface area contributed by atoms with Gasteiger partial charge in [0.2, 0.25) is 0 Å². The maximum atomic E-state index is 13.9. The number of hydrogen-bond acceptors (Lipinski definition) is 3. The van der Waals surface area contributed by atoms with Crippen LogP contribution in [0.3, 0.4) is 0 Å². The number of hydrogen-bond donors (Lipinski definition) is 1. The van der Waals surface area contributed by atoms with E-state index in [9.17, 15) is 8.78 Å². The molecular formula is C12H13BrF2N4. The minimum atomic E-state index is -0.588. The Morgan fingerprint density at radius 1 is 1.37 bits per heavy atom. The van der Waals surface area contributed by atoms with Gasteiger partial charge in [-0.2, -0.15) is 0 Å². The summed E-state index contributed by atoms with van der Waals surface area (Å²) in [6, 6.07) is 2.00. The fraction of sp³-hybridized carbons (Fsp3) is 0.333. The Balaban J connectivity index is 2.32. The molecule has 1 aromatic heterocycles. The van der Waals surface area contributed by atoms with Gasteiger partial charge in [0.05, 0.1) is 5.69 Å². The lowest BCUT2D eigenvalue weighted by Gasteiger charge is -2.17. The van der Waals surface area contributed by atoms with Crippen LogP contribution in [0.25, 0.3) is 0 Å². The summed E-state index contributed by atoms with van der Waals surface area (Å²) in [5.41, 5.74) is 0.680. The highest BCUT2D eigenvalue weighted by atomic mass is 79.9. The Bertz CT molecular complexity index is 562. The molecule has 0 fully saturated rings. The molecule has 1 heterocycles. The average molecular weight is 331 g/mol. The molecule has 0 saturated carbocycles. The van der Waals surface area contributed by atoms with Gasteiger partial charge in [-0.15, -0.1) is 5.10 Å².